The van der Waals surface area contributed by atoms with Crippen molar-refractivity contribution < 1.29 is 4.79 Å². The number of amides is 1. The monoisotopic (exact) mass is 400 g/mol. The molecule has 1 heterocycles. The van der Waals surface area contributed by atoms with E-state index in [2.05, 4.69) is 78.2 Å². The molecule has 0 saturated carbocycles. The second-order valence-corrected chi connectivity index (χ2v) is 7.66. The maximum atomic E-state index is 12.8. The van der Waals surface area contributed by atoms with Gasteiger partial charge in [0.25, 0.3) is 0 Å². The zero-order valence-corrected chi connectivity index (χ0v) is 18.0. The fraction of sp³-hybridized carbons (Fsp3) is 0.458. The molecule has 4 heteroatoms. The molecular formula is C24H33ClN2O. The highest BCUT2D eigenvalue weighted by atomic mass is 35.5. The summed E-state index contributed by atoms with van der Waals surface area (Å²) in [6.07, 6.45) is 4.73. The largest absolute Gasteiger partial charge is 0.309 e. The number of piperidine rings is 1. The van der Waals surface area contributed by atoms with Crippen LogP contribution in [0.5, 0.6) is 0 Å². The number of benzene rings is 2. The third kappa shape index (κ3) is 6.08. The molecule has 0 radical (unpaired) electrons. The van der Waals surface area contributed by atoms with Gasteiger partial charge < -0.3 is 9.80 Å². The summed E-state index contributed by atoms with van der Waals surface area (Å²) in [5.74, 6) is 0.268. The third-order valence-corrected chi connectivity index (χ3v) is 5.53. The van der Waals surface area contributed by atoms with Crippen LogP contribution >= 0.6 is 12.4 Å². The van der Waals surface area contributed by atoms with Crippen LogP contribution in [0.3, 0.4) is 0 Å². The van der Waals surface area contributed by atoms with E-state index >= 15 is 0 Å². The Balaban J connectivity index is 0.00000280. The highest BCUT2D eigenvalue weighted by Gasteiger charge is 2.28. The van der Waals surface area contributed by atoms with Crippen LogP contribution in [0, 0.1) is 6.92 Å². The van der Waals surface area contributed by atoms with Gasteiger partial charge in [-0.05, 0) is 50.3 Å². The van der Waals surface area contributed by atoms with Crippen LogP contribution in [0.15, 0.2) is 54.6 Å². The Labute approximate surface area is 176 Å². The van der Waals surface area contributed by atoms with Crippen LogP contribution in [-0.2, 0) is 11.2 Å². The summed E-state index contributed by atoms with van der Waals surface area (Å²) in [4.78, 5) is 17.5. The summed E-state index contributed by atoms with van der Waals surface area (Å²) < 4.78 is 0. The molecule has 1 amide bonds. The Morgan fingerprint density at radius 2 is 1.68 bits per heavy atom. The number of hydrogen-bond donors (Lipinski definition) is 0. The molecule has 0 unspecified atom stereocenters. The molecule has 0 spiro atoms. The van der Waals surface area contributed by atoms with E-state index in [1.807, 2.05) is 0 Å². The summed E-state index contributed by atoms with van der Waals surface area (Å²) in [6.45, 7) is 7.41. The molecule has 1 aliphatic rings. The standard InChI is InChI=1S/C24H32N2O.ClH/c1-3-7-24(27)26(22-12-10-20(2)11-13-22)23-15-18-25(19-16-23)17-14-21-8-5-4-6-9-21;/h4-6,8-13,23H,3,7,14-19H2,1-2H3;1H. The summed E-state index contributed by atoms with van der Waals surface area (Å²) >= 11 is 0. The van der Waals surface area contributed by atoms with Crippen LogP contribution < -0.4 is 4.90 Å². The number of anilines is 1. The fourth-order valence-electron chi connectivity index (χ4n) is 3.93. The van der Waals surface area contributed by atoms with Crippen molar-refractivity contribution in [2.45, 2.75) is 52.0 Å². The van der Waals surface area contributed by atoms with Gasteiger partial charge in [-0.3, -0.25) is 4.79 Å². The maximum Gasteiger partial charge on any atom is 0.227 e. The Morgan fingerprint density at radius 1 is 1.04 bits per heavy atom. The molecule has 28 heavy (non-hydrogen) atoms. The van der Waals surface area contributed by atoms with Crippen LogP contribution in [0.1, 0.15) is 43.7 Å². The molecule has 0 bridgehead atoms. The average molecular weight is 401 g/mol. The maximum absolute atomic E-state index is 12.8. The number of likely N-dealkylation sites (tertiary alicyclic amines) is 1. The topological polar surface area (TPSA) is 23.6 Å². The molecule has 3 rings (SSSR count). The summed E-state index contributed by atoms with van der Waals surface area (Å²) in [5, 5.41) is 0. The summed E-state index contributed by atoms with van der Waals surface area (Å²) in [5.41, 5.74) is 3.69. The SMILES string of the molecule is CCCC(=O)N(c1ccc(C)cc1)C1CCN(CCc2ccccc2)CC1.Cl. The highest BCUT2D eigenvalue weighted by molar-refractivity contribution is 5.94. The molecule has 0 aliphatic carbocycles. The van der Waals surface area contributed by atoms with Gasteiger partial charge in [0.1, 0.15) is 0 Å². The second kappa shape index (κ2) is 11.2. The Morgan fingerprint density at radius 3 is 2.29 bits per heavy atom. The van der Waals surface area contributed by atoms with Crippen molar-refractivity contribution in [3.63, 3.8) is 0 Å². The normalized spacial score (nSPS) is 15.1. The predicted molar refractivity (Wildman–Crippen MR) is 120 cm³/mol. The van der Waals surface area contributed by atoms with E-state index in [1.165, 1.54) is 11.1 Å². The molecule has 2 aromatic carbocycles. The van der Waals surface area contributed by atoms with Gasteiger partial charge in [0, 0.05) is 37.8 Å². The first-order valence-electron chi connectivity index (χ1n) is 10.3. The zero-order valence-electron chi connectivity index (χ0n) is 17.1. The second-order valence-electron chi connectivity index (χ2n) is 7.66. The Hall–Kier alpha value is -1.84. The van der Waals surface area contributed by atoms with E-state index in [4.69, 9.17) is 0 Å². The zero-order chi connectivity index (χ0) is 19.1. The van der Waals surface area contributed by atoms with E-state index in [0.717, 1.165) is 51.0 Å². The van der Waals surface area contributed by atoms with E-state index in [1.54, 1.807) is 0 Å². The summed E-state index contributed by atoms with van der Waals surface area (Å²) in [7, 11) is 0. The molecule has 1 aliphatic heterocycles. The van der Waals surface area contributed by atoms with Crippen molar-refractivity contribution in [1.29, 1.82) is 0 Å². The van der Waals surface area contributed by atoms with Gasteiger partial charge in [0.05, 0.1) is 0 Å². The van der Waals surface area contributed by atoms with Gasteiger partial charge in [0.15, 0.2) is 0 Å². The van der Waals surface area contributed by atoms with Crippen LogP contribution in [0.4, 0.5) is 5.69 Å². The minimum absolute atomic E-state index is 0. The Bertz CT molecular complexity index is 709. The van der Waals surface area contributed by atoms with E-state index < -0.39 is 0 Å². The van der Waals surface area contributed by atoms with Gasteiger partial charge in [-0.25, -0.2) is 0 Å². The van der Waals surface area contributed by atoms with Crippen molar-refractivity contribution >= 4 is 24.0 Å². The quantitative estimate of drug-likeness (QED) is 0.633. The molecule has 2 aromatic rings. The van der Waals surface area contributed by atoms with Crippen molar-refractivity contribution in [2.75, 3.05) is 24.5 Å². The molecular weight excluding hydrogens is 368 g/mol. The third-order valence-electron chi connectivity index (χ3n) is 5.53. The minimum Gasteiger partial charge on any atom is -0.309 e. The molecule has 0 atom stereocenters. The predicted octanol–water partition coefficient (Wildman–Crippen LogP) is 5.26. The first-order valence-corrected chi connectivity index (χ1v) is 10.3. The number of halogens is 1. The molecule has 1 fully saturated rings. The smallest absolute Gasteiger partial charge is 0.227 e. The molecule has 1 saturated heterocycles. The molecule has 3 nitrogen and oxygen atoms in total. The van der Waals surface area contributed by atoms with Gasteiger partial charge in [-0.2, -0.15) is 0 Å². The van der Waals surface area contributed by atoms with Crippen molar-refractivity contribution in [3.05, 3.63) is 65.7 Å². The van der Waals surface area contributed by atoms with Crippen molar-refractivity contribution in [3.8, 4) is 0 Å². The van der Waals surface area contributed by atoms with E-state index in [-0.39, 0.29) is 18.3 Å². The minimum atomic E-state index is 0. The first-order chi connectivity index (χ1) is 13.2. The number of carbonyl (C=O) groups is 1. The van der Waals surface area contributed by atoms with E-state index in [0.29, 0.717) is 12.5 Å². The lowest BCUT2D eigenvalue weighted by molar-refractivity contribution is -0.119. The van der Waals surface area contributed by atoms with Crippen molar-refractivity contribution in [2.24, 2.45) is 0 Å². The number of nitrogens with zero attached hydrogens (tertiary/aromatic N) is 2. The lowest BCUT2D eigenvalue weighted by Crippen LogP contribution is -2.48. The fourth-order valence-corrected chi connectivity index (χ4v) is 3.93. The van der Waals surface area contributed by atoms with Crippen LogP contribution in [-0.4, -0.2) is 36.5 Å². The number of rotatable bonds is 7. The number of hydrogen-bond acceptors (Lipinski definition) is 2. The molecule has 0 N–H and O–H groups in total. The Kier molecular flexibility index (Phi) is 9.01. The van der Waals surface area contributed by atoms with Crippen LogP contribution in [0.2, 0.25) is 0 Å². The first kappa shape index (κ1) is 22.4. The van der Waals surface area contributed by atoms with Gasteiger partial charge in [-0.1, -0.05) is 55.0 Å². The lowest BCUT2D eigenvalue weighted by atomic mass is 10.0. The molecule has 0 aromatic heterocycles. The average Bonchev–Trinajstić information content (AvgIpc) is 2.70. The van der Waals surface area contributed by atoms with Gasteiger partial charge in [-0.15, -0.1) is 12.4 Å². The number of carbonyl (C=O) groups excluding carboxylic acids is 1. The van der Waals surface area contributed by atoms with Gasteiger partial charge in [0.2, 0.25) is 5.91 Å². The van der Waals surface area contributed by atoms with Crippen LogP contribution in [0.25, 0.3) is 0 Å². The lowest BCUT2D eigenvalue weighted by Gasteiger charge is -2.38. The highest BCUT2D eigenvalue weighted by Crippen LogP contribution is 2.25. The van der Waals surface area contributed by atoms with Gasteiger partial charge >= 0.3 is 0 Å². The van der Waals surface area contributed by atoms with E-state index in [9.17, 15) is 4.79 Å². The summed E-state index contributed by atoms with van der Waals surface area (Å²) in [6, 6.07) is 19.4. The molecule has 152 valence electrons. The number of aryl methyl sites for hydroxylation is 1. The van der Waals surface area contributed by atoms with Crippen molar-refractivity contribution in [1.82, 2.24) is 4.90 Å².